The minimum absolute atomic E-state index is 0.131. The van der Waals surface area contributed by atoms with Gasteiger partial charge in [-0.1, -0.05) is 13.5 Å². The Balaban J connectivity index is 1.78. The van der Waals surface area contributed by atoms with E-state index in [2.05, 4.69) is 13.5 Å². The Morgan fingerprint density at radius 1 is 1.16 bits per heavy atom. The molecule has 0 aromatic carbocycles. The highest BCUT2D eigenvalue weighted by Gasteiger charge is 2.52. The second kappa shape index (κ2) is 6.67. The monoisotopic (exact) mass is 352 g/mol. The van der Waals surface area contributed by atoms with E-state index in [0.717, 1.165) is 31.3 Å². The van der Waals surface area contributed by atoms with Gasteiger partial charge in [-0.3, -0.25) is 4.79 Å². The molecule has 2 N–H and O–H groups in total. The minimum atomic E-state index is -1.14. The lowest BCUT2D eigenvalue weighted by molar-refractivity contribution is -0.185. The van der Waals surface area contributed by atoms with E-state index in [-0.39, 0.29) is 29.5 Å². The molecule has 2 saturated heterocycles. The maximum atomic E-state index is 12.3. The van der Waals surface area contributed by atoms with Gasteiger partial charge in [0.15, 0.2) is 0 Å². The molecule has 0 unspecified atom stereocenters. The number of epoxide rings is 1. The van der Waals surface area contributed by atoms with Gasteiger partial charge in [0.1, 0.15) is 6.10 Å². The van der Waals surface area contributed by atoms with Crippen LogP contribution in [-0.4, -0.2) is 45.7 Å². The lowest BCUT2D eigenvalue weighted by Gasteiger charge is -2.41. The molecule has 3 fully saturated rings. The Kier molecular flexibility index (Phi) is 5.04. The van der Waals surface area contributed by atoms with Crippen LogP contribution < -0.4 is 0 Å². The van der Waals surface area contributed by atoms with Crippen molar-refractivity contribution < 1.29 is 24.5 Å². The quantitative estimate of drug-likeness (QED) is 0.398. The smallest absolute Gasteiger partial charge is 0.309 e. The van der Waals surface area contributed by atoms with Crippen LogP contribution in [0.1, 0.15) is 65.7 Å². The number of fused-ring (bicyclic) bond motifs is 3. The fourth-order valence-electron chi connectivity index (χ4n) is 4.34. The first-order valence-corrected chi connectivity index (χ1v) is 9.59. The van der Waals surface area contributed by atoms with E-state index >= 15 is 0 Å². The van der Waals surface area contributed by atoms with Crippen molar-refractivity contribution >= 4 is 5.97 Å². The van der Waals surface area contributed by atoms with E-state index in [0.29, 0.717) is 19.3 Å². The fraction of sp³-hybridized carbons (Fsp3) is 0.850. The van der Waals surface area contributed by atoms with Gasteiger partial charge in [0, 0.05) is 0 Å². The zero-order valence-corrected chi connectivity index (χ0v) is 15.7. The minimum Gasteiger partial charge on any atom is -0.459 e. The summed E-state index contributed by atoms with van der Waals surface area (Å²) < 4.78 is 11.5. The van der Waals surface area contributed by atoms with Crippen LogP contribution in [0.4, 0.5) is 0 Å². The van der Waals surface area contributed by atoms with Gasteiger partial charge >= 0.3 is 5.97 Å². The molecule has 7 atom stereocenters. The Labute approximate surface area is 150 Å². The van der Waals surface area contributed by atoms with Crippen molar-refractivity contribution in [1.29, 1.82) is 0 Å². The number of hydrogen-bond acceptors (Lipinski definition) is 5. The Bertz CT molecular complexity index is 542. The molecular formula is C20H32O5. The summed E-state index contributed by atoms with van der Waals surface area (Å²) in [6.45, 7) is 9.76. The number of aliphatic hydroxyl groups is 2. The third-order valence-electron chi connectivity index (χ3n) is 6.72. The zero-order chi connectivity index (χ0) is 18.4. The lowest BCUT2D eigenvalue weighted by Crippen LogP contribution is -2.49. The highest BCUT2D eigenvalue weighted by atomic mass is 16.6. The molecule has 3 rings (SSSR count). The van der Waals surface area contributed by atoms with Crippen molar-refractivity contribution in [1.82, 2.24) is 0 Å². The van der Waals surface area contributed by atoms with Crippen LogP contribution >= 0.6 is 0 Å². The molecule has 0 aromatic heterocycles. The largest absolute Gasteiger partial charge is 0.459 e. The van der Waals surface area contributed by atoms with Crippen LogP contribution in [0.15, 0.2) is 12.2 Å². The normalized spacial score (nSPS) is 48.9. The first kappa shape index (κ1) is 18.9. The Morgan fingerprint density at radius 2 is 1.88 bits per heavy atom. The van der Waals surface area contributed by atoms with E-state index in [1.54, 1.807) is 6.92 Å². The van der Waals surface area contributed by atoms with Crippen LogP contribution in [-0.2, 0) is 14.3 Å². The third-order valence-corrected chi connectivity index (χ3v) is 6.72. The molecule has 5 heteroatoms. The maximum Gasteiger partial charge on any atom is 0.309 e. The van der Waals surface area contributed by atoms with Gasteiger partial charge in [-0.05, 0) is 70.3 Å². The highest BCUT2D eigenvalue weighted by Crippen LogP contribution is 2.46. The number of ether oxygens (including phenoxy) is 2. The van der Waals surface area contributed by atoms with Crippen LogP contribution in [0.3, 0.4) is 0 Å². The van der Waals surface area contributed by atoms with Crippen molar-refractivity contribution in [2.75, 3.05) is 0 Å². The van der Waals surface area contributed by atoms with Crippen LogP contribution in [0.2, 0.25) is 0 Å². The molecule has 5 nitrogen and oxygen atoms in total. The topological polar surface area (TPSA) is 79.3 Å². The Hall–Kier alpha value is -0.910. The summed E-state index contributed by atoms with van der Waals surface area (Å²) in [6, 6.07) is 0. The van der Waals surface area contributed by atoms with Gasteiger partial charge in [0.25, 0.3) is 0 Å². The van der Waals surface area contributed by atoms with E-state index < -0.39 is 17.8 Å². The molecule has 2 bridgehead atoms. The first-order chi connectivity index (χ1) is 11.6. The summed E-state index contributed by atoms with van der Waals surface area (Å²) in [5, 5.41) is 21.2. The van der Waals surface area contributed by atoms with E-state index in [4.69, 9.17) is 9.47 Å². The molecule has 1 aliphatic carbocycles. The van der Waals surface area contributed by atoms with Crippen LogP contribution in [0.5, 0.6) is 0 Å². The predicted molar refractivity (Wildman–Crippen MR) is 93.9 cm³/mol. The van der Waals surface area contributed by atoms with E-state index in [1.807, 2.05) is 6.92 Å². The summed E-state index contributed by atoms with van der Waals surface area (Å²) in [6.07, 6.45) is 3.93. The van der Waals surface area contributed by atoms with Crippen LogP contribution in [0.25, 0.3) is 0 Å². The van der Waals surface area contributed by atoms with Crippen LogP contribution in [0, 0.1) is 11.8 Å². The van der Waals surface area contributed by atoms with Crippen molar-refractivity contribution in [3.8, 4) is 0 Å². The standard InChI is InChI=1S/C20H32O5/c1-12-5-6-16-20(4,25-16)10-7-14-11-17(24-18(22)13(14)2)19(3,23)9-8-15(12)21/h13-17,21,23H,1,5-11H2,2-4H3/t13-,14+,15-,16-,17+,19-,20-/m0/s1. The molecule has 0 aromatic rings. The van der Waals surface area contributed by atoms with Crippen molar-refractivity contribution in [2.45, 2.75) is 95.2 Å². The second-order valence-electron chi connectivity index (χ2n) is 8.78. The van der Waals surface area contributed by atoms with E-state index in [1.165, 1.54) is 0 Å². The average Bonchev–Trinajstić information content (AvgIpc) is 3.21. The molecule has 3 aliphatic rings. The first-order valence-electron chi connectivity index (χ1n) is 9.59. The van der Waals surface area contributed by atoms with Gasteiger partial charge in [-0.2, -0.15) is 0 Å². The summed E-state index contributed by atoms with van der Waals surface area (Å²) in [7, 11) is 0. The average molecular weight is 352 g/mol. The molecule has 0 radical (unpaired) electrons. The molecule has 1 saturated carbocycles. The number of esters is 1. The number of carbonyl (C=O) groups excluding carboxylic acids is 1. The second-order valence-corrected chi connectivity index (χ2v) is 8.78. The van der Waals surface area contributed by atoms with Crippen molar-refractivity contribution in [2.24, 2.45) is 11.8 Å². The summed E-state index contributed by atoms with van der Waals surface area (Å²) in [5.41, 5.74) is -0.478. The molecular weight excluding hydrogens is 320 g/mol. The summed E-state index contributed by atoms with van der Waals surface area (Å²) >= 11 is 0. The molecule has 2 aliphatic heterocycles. The summed E-state index contributed by atoms with van der Waals surface area (Å²) in [4.78, 5) is 12.3. The molecule has 25 heavy (non-hydrogen) atoms. The van der Waals surface area contributed by atoms with Gasteiger partial charge < -0.3 is 19.7 Å². The maximum absolute atomic E-state index is 12.3. The van der Waals surface area contributed by atoms with Gasteiger partial charge in [-0.25, -0.2) is 0 Å². The number of hydrogen-bond donors (Lipinski definition) is 2. The number of aliphatic hydroxyl groups excluding tert-OH is 1. The van der Waals surface area contributed by atoms with Gasteiger partial charge in [0.05, 0.1) is 29.3 Å². The zero-order valence-electron chi connectivity index (χ0n) is 15.7. The third kappa shape index (κ3) is 3.93. The predicted octanol–water partition coefficient (Wildman–Crippen LogP) is 2.73. The SMILES string of the molecule is C=C1CC[C@@H]2O[C@@]2(C)CC[C@@H]2C[C@@H](OC(=O)[C@H]2C)[C@@](C)(O)CC[C@@H]1O. The lowest BCUT2D eigenvalue weighted by atomic mass is 9.76. The highest BCUT2D eigenvalue weighted by molar-refractivity contribution is 5.73. The van der Waals surface area contributed by atoms with Crippen molar-refractivity contribution in [3.05, 3.63) is 12.2 Å². The number of carbonyl (C=O) groups is 1. The molecule has 142 valence electrons. The Morgan fingerprint density at radius 3 is 2.60 bits per heavy atom. The number of rotatable bonds is 0. The molecule has 0 spiro atoms. The molecule has 2 heterocycles. The van der Waals surface area contributed by atoms with Gasteiger partial charge in [0.2, 0.25) is 0 Å². The summed E-state index contributed by atoms with van der Waals surface area (Å²) in [5.74, 6) is -0.176. The van der Waals surface area contributed by atoms with Crippen molar-refractivity contribution in [3.63, 3.8) is 0 Å². The molecule has 0 amide bonds. The fourth-order valence-corrected chi connectivity index (χ4v) is 4.34. The van der Waals surface area contributed by atoms with E-state index in [9.17, 15) is 15.0 Å². The van der Waals surface area contributed by atoms with Gasteiger partial charge in [-0.15, -0.1) is 0 Å².